The third kappa shape index (κ3) is 3.40. The summed E-state index contributed by atoms with van der Waals surface area (Å²) in [6.07, 6.45) is 4.75. The molecular weight excluding hydrogens is 302 g/mol. The highest BCUT2D eigenvalue weighted by atomic mass is 16.5. The van der Waals surface area contributed by atoms with Crippen molar-refractivity contribution in [3.05, 3.63) is 22.9 Å². The van der Waals surface area contributed by atoms with Crippen molar-refractivity contribution >= 4 is 16.9 Å². The first-order valence-corrected chi connectivity index (χ1v) is 7.59. The average Bonchev–Trinajstić information content (AvgIpc) is 3.19. The highest BCUT2D eigenvalue weighted by Crippen LogP contribution is 2.10. The molecule has 2 N–H and O–H groups in total. The van der Waals surface area contributed by atoms with Crippen molar-refractivity contribution in [3.63, 3.8) is 0 Å². The first kappa shape index (κ1) is 15.6. The first-order valence-electron chi connectivity index (χ1n) is 7.59. The average molecular weight is 321 g/mol. The Morgan fingerprint density at radius 1 is 1.52 bits per heavy atom. The van der Waals surface area contributed by atoms with Crippen molar-refractivity contribution in [2.45, 2.75) is 32.0 Å². The van der Waals surface area contributed by atoms with Gasteiger partial charge < -0.3 is 15.2 Å². The Kier molecular flexibility index (Phi) is 4.68. The maximum atomic E-state index is 12.3. The number of fused-ring (bicyclic) bond motifs is 1. The van der Waals surface area contributed by atoms with Crippen LogP contribution in [0.4, 0.5) is 0 Å². The molecule has 0 saturated carbocycles. The Balaban J connectivity index is 1.68. The SMILES string of the molecule is O=C(Cn1cnc2c(cnn2CCO)c1=O)NC[C@H]1CCCO1. The largest absolute Gasteiger partial charge is 0.394 e. The number of nitrogens with zero attached hydrogens (tertiary/aromatic N) is 4. The van der Waals surface area contributed by atoms with Crippen LogP contribution >= 0.6 is 0 Å². The molecule has 2 aromatic rings. The second-order valence-electron chi connectivity index (χ2n) is 5.45. The molecule has 1 amide bonds. The molecule has 0 spiro atoms. The van der Waals surface area contributed by atoms with E-state index < -0.39 is 0 Å². The van der Waals surface area contributed by atoms with Crippen molar-refractivity contribution in [2.24, 2.45) is 0 Å². The van der Waals surface area contributed by atoms with Crippen LogP contribution in [0.2, 0.25) is 0 Å². The van der Waals surface area contributed by atoms with E-state index in [4.69, 9.17) is 9.84 Å². The molecule has 2 aromatic heterocycles. The lowest BCUT2D eigenvalue weighted by Gasteiger charge is -2.11. The van der Waals surface area contributed by atoms with Crippen LogP contribution < -0.4 is 10.9 Å². The lowest BCUT2D eigenvalue weighted by atomic mass is 10.2. The van der Waals surface area contributed by atoms with Crippen LogP contribution in [0.5, 0.6) is 0 Å². The number of nitrogens with one attached hydrogen (secondary N) is 1. The fourth-order valence-corrected chi connectivity index (χ4v) is 2.61. The fourth-order valence-electron chi connectivity index (χ4n) is 2.61. The summed E-state index contributed by atoms with van der Waals surface area (Å²) in [5, 5.41) is 16.1. The van der Waals surface area contributed by atoms with E-state index in [0.29, 0.717) is 17.6 Å². The monoisotopic (exact) mass is 321 g/mol. The molecule has 0 bridgehead atoms. The molecule has 1 fully saturated rings. The summed E-state index contributed by atoms with van der Waals surface area (Å²) in [6, 6.07) is 0. The number of rotatable bonds is 6. The summed E-state index contributed by atoms with van der Waals surface area (Å²) in [6.45, 7) is 1.27. The number of aliphatic hydroxyl groups excluding tert-OH is 1. The molecule has 23 heavy (non-hydrogen) atoms. The Morgan fingerprint density at radius 2 is 2.39 bits per heavy atom. The number of ether oxygens (including phenoxy) is 1. The van der Waals surface area contributed by atoms with Crippen LogP contribution in [0, 0.1) is 0 Å². The summed E-state index contributed by atoms with van der Waals surface area (Å²) in [5.41, 5.74) is 0.0755. The van der Waals surface area contributed by atoms with Crippen molar-refractivity contribution in [3.8, 4) is 0 Å². The van der Waals surface area contributed by atoms with Crippen LogP contribution in [0.1, 0.15) is 12.8 Å². The molecule has 9 nitrogen and oxygen atoms in total. The second kappa shape index (κ2) is 6.88. The maximum absolute atomic E-state index is 12.3. The van der Waals surface area contributed by atoms with Gasteiger partial charge in [0.05, 0.1) is 25.5 Å². The number of hydrogen-bond acceptors (Lipinski definition) is 6. The molecule has 1 aliphatic rings. The minimum Gasteiger partial charge on any atom is -0.394 e. The van der Waals surface area contributed by atoms with Crippen LogP contribution in [-0.2, 0) is 22.6 Å². The summed E-state index contributed by atoms with van der Waals surface area (Å²) in [7, 11) is 0. The van der Waals surface area contributed by atoms with Gasteiger partial charge in [0, 0.05) is 13.2 Å². The third-order valence-corrected chi connectivity index (χ3v) is 3.80. The van der Waals surface area contributed by atoms with Gasteiger partial charge in [0.15, 0.2) is 5.65 Å². The molecule has 0 unspecified atom stereocenters. The number of amides is 1. The standard InChI is InChI=1S/C14H19N5O4/c20-4-3-19-13-11(7-17-19)14(22)18(9-16-13)8-12(21)15-6-10-2-1-5-23-10/h7,9-10,20H,1-6,8H2,(H,15,21)/t10-/m1/s1. The predicted molar refractivity (Wildman–Crippen MR) is 80.9 cm³/mol. The van der Waals surface area contributed by atoms with Gasteiger partial charge in [0.25, 0.3) is 5.56 Å². The molecule has 0 radical (unpaired) electrons. The highest BCUT2D eigenvalue weighted by molar-refractivity contribution is 5.77. The van der Waals surface area contributed by atoms with Crippen molar-refractivity contribution in [1.82, 2.24) is 24.6 Å². The van der Waals surface area contributed by atoms with E-state index in [2.05, 4.69) is 15.4 Å². The number of carbonyl (C=O) groups is 1. The smallest absolute Gasteiger partial charge is 0.264 e. The van der Waals surface area contributed by atoms with Crippen molar-refractivity contribution < 1.29 is 14.6 Å². The maximum Gasteiger partial charge on any atom is 0.264 e. The first-order chi connectivity index (χ1) is 11.2. The van der Waals surface area contributed by atoms with Crippen LogP contribution in [-0.4, -0.2) is 56.2 Å². The number of aromatic nitrogens is 4. The van der Waals surface area contributed by atoms with Gasteiger partial charge in [-0.2, -0.15) is 5.10 Å². The van der Waals surface area contributed by atoms with Gasteiger partial charge in [0.2, 0.25) is 5.91 Å². The number of aliphatic hydroxyl groups is 1. The Morgan fingerprint density at radius 3 is 3.13 bits per heavy atom. The van der Waals surface area contributed by atoms with Crippen LogP contribution in [0.25, 0.3) is 11.0 Å². The van der Waals surface area contributed by atoms with Gasteiger partial charge in [-0.05, 0) is 12.8 Å². The predicted octanol–water partition coefficient (Wildman–Crippen LogP) is -1.12. The lowest BCUT2D eigenvalue weighted by molar-refractivity contribution is -0.122. The van der Waals surface area contributed by atoms with Gasteiger partial charge in [0.1, 0.15) is 18.3 Å². The second-order valence-corrected chi connectivity index (χ2v) is 5.45. The molecule has 1 atom stereocenters. The minimum absolute atomic E-state index is 0.0630. The summed E-state index contributed by atoms with van der Waals surface area (Å²) in [5.74, 6) is -0.258. The summed E-state index contributed by atoms with van der Waals surface area (Å²) in [4.78, 5) is 28.5. The van der Waals surface area contributed by atoms with E-state index in [1.807, 2.05) is 0 Å². The quantitative estimate of drug-likeness (QED) is 0.697. The van der Waals surface area contributed by atoms with Gasteiger partial charge in [-0.1, -0.05) is 0 Å². The topological polar surface area (TPSA) is 111 Å². The summed E-state index contributed by atoms with van der Waals surface area (Å²) < 4.78 is 8.14. The fraction of sp³-hybridized carbons (Fsp3) is 0.571. The minimum atomic E-state index is -0.327. The van der Waals surface area contributed by atoms with E-state index in [1.165, 1.54) is 21.8 Å². The number of carbonyl (C=O) groups excluding carboxylic acids is 1. The lowest BCUT2D eigenvalue weighted by Crippen LogP contribution is -2.36. The summed E-state index contributed by atoms with van der Waals surface area (Å²) >= 11 is 0. The van der Waals surface area contributed by atoms with Crippen molar-refractivity contribution in [1.29, 1.82) is 0 Å². The molecule has 1 saturated heterocycles. The van der Waals surface area contributed by atoms with Crippen LogP contribution in [0.15, 0.2) is 17.3 Å². The third-order valence-electron chi connectivity index (χ3n) is 3.80. The van der Waals surface area contributed by atoms with Crippen LogP contribution in [0.3, 0.4) is 0 Å². The zero-order valence-corrected chi connectivity index (χ0v) is 12.6. The van der Waals surface area contributed by atoms with E-state index in [9.17, 15) is 9.59 Å². The Hall–Kier alpha value is -2.26. The molecule has 0 aliphatic carbocycles. The van der Waals surface area contributed by atoms with E-state index in [1.54, 1.807) is 0 Å². The molecule has 124 valence electrons. The van der Waals surface area contributed by atoms with Gasteiger partial charge in [-0.15, -0.1) is 0 Å². The molecule has 3 heterocycles. The molecular formula is C14H19N5O4. The van der Waals surface area contributed by atoms with Gasteiger partial charge in [-0.3, -0.25) is 14.2 Å². The number of hydrogen-bond donors (Lipinski definition) is 2. The molecule has 1 aliphatic heterocycles. The zero-order chi connectivity index (χ0) is 16.2. The Bertz CT molecular complexity index is 747. The highest BCUT2D eigenvalue weighted by Gasteiger charge is 2.17. The Labute approximate surface area is 131 Å². The van der Waals surface area contributed by atoms with E-state index in [-0.39, 0.29) is 37.3 Å². The van der Waals surface area contributed by atoms with Gasteiger partial charge >= 0.3 is 0 Å². The molecule has 3 rings (SSSR count). The van der Waals surface area contributed by atoms with Crippen molar-refractivity contribution in [2.75, 3.05) is 19.8 Å². The molecule has 9 heteroatoms. The molecule has 0 aromatic carbocycles. The van der Waals surface area contributed by atoms with E-state index in [0.717, 1.165) is 19.4 Å². The van der Waals surface area contributed by atoms with Gasteiger partial charge in [-0.25, -0.2) is 9.67 Å². The van der Waals surface area contributed by atoms with E-state index >= 15 is 0 Å². The normalized spacial score (nSPS) is 17.7. The zero-order valence-electron chi connectivity index (χ0n) is 12.6.